The summed E-state index contributed by atoms with van der Waals surface area (Å²) in [5, 5.41) is 10.2. The SMILES string of the molecule is COc1cccc(CC(O)C2CCC(C)C2)c1F. The molecule has 1 aliphatic rings. The number of ether oxygens (including phenoxy) is 1. The van der Waals surface area contributed by atoms with Crippen LogP contribution in [0.25, 0.3) is 0 Å². The van der Waals surface area contributed by atoms with Crippen LogP contribution in [0.1, 0.15) is 31.7 Å². The Morgan fingerprint density at radius 1 is 1.44 bits per heavy atom. The molecule has 1 N–H and O–H groups in total. The molecule has 3 unspecified atom stereocenters. The van der Waals surface area contributed by atoms with E-state index >= 15 is 0 Å². The summed E-state index contributed by atoms with van der Waals surface area (Å²) < 4.78 is 18.9. The third kappa shape index (κ3) is 2.83. The second-order valence-electron chi connectivity index (χ2n) is 5.38. The summed E-state index contributed by atoms with van der Waals surface area (Å²) in [4.78, 5) is 0. The van der Waals surface area contributed by atoms with E-state index in [0.717, 1.165) is 12.8 Å². The highest BCUT2D eigenvalue weighted by atomic mass is 19.1. The van der Waals surface area contributed by atoms with E-state index in [1.54, 1.807) is 18.2 Å². The number of hydrogen-bond donors (Lipinski definition) is 1. The molecule has 0 saturated heterocycles. The molecule has 1 aliphatic carbocycles. The predicted octanol–water partition coefficient (Wildman–Crippen LogP) is 3.17. The van der Waals surface area contributed by atoms with Crippen LogP contribution >= 0.6 is 0 Å². The van der Waals surface area contributed by atoms with Crippen molar-refractivity contribution >= 4 is 0 Å². The average Bonchev–Trinajstić information content (AvgIpc) is 2.78. The molecule has 1 aromatic rings. The minimum absolute atomic E-state index is 0.250. The highest BCUT2D eigenvalue weighted by Crippen LogP contribution is 2.34. The molecule has 1 aromatic carbocycles. The lowest BCUT2D eigenvalue weighted by Crippen LogP contribution is -2.21. The molecule has 0 aromatic heterocycles. The Morgan fingerprint density at radius 3 is 2.83 bits per heavy atom. The Kier molecular flexibility index (Phi) is 4.23. The normalized spacial score (nSPS) is 25.1. The molecule has 1 saturated carbocycles. The molecule has 2 rings (SSSR count). The van der Waals surface area contributed by atoms with Gasteiger partial charge >= 0.3 is 0 Å². The van der Waals surface area contributed by atoms with E-state index in [1.165, 1.54) is 13.5 Å². The largest absolute Gasteiger partial charge is 0.494 e. The van der Waals surface area contributed by atoms with Crippen LogP contribution in [0.2, 0.25) is 0 Å². The van der Waals surface area contributed by atoms with Crippen LogP contribution in [0, 0.1) is 17.7 Å². The van der Waals surface area contributed by atoms with Gasteiger partial charge in [-0.05, 0) is 36.3 Å². The van der Waals surface area contributed by atoms with Crippen LogP contribution in [0.4, 0.5) is 4.39 Å². The standard InChI is InChI=1S/C15H21FO2/c1-10-6-7-11(8-10)13(17)9-12-4-3-5-14(18-2)15(12)16/h3-5,10-11,13,17H,6-9H2,1-2H3. The Labute approximate surface area is 108 Å². The van der Waals surface area contributed by atoms with Crippen molar-refractivity contribution in [2.75, 3.05) is 7.11 Å². The molecule has 0 heterocycles. The van der Waals surface area contributed by atoms with Crippen molar-refractivity contribution in [3.05, 3.63) is 29.6 Å². The molecular weight excluding hydrogens is 231 g/mol. The van der Waals surface area contributed by atoms with Gasteiger partial charge in [-0.2, -0.15) is 0 Å². The summed E-state index contributed by atoms with van der Waals surface area (Å²) in [6, 6.07) is 5.09. The maximum absolute atomic E-state index is 14.0. The van der Waals surface area contributed by atoms with Gasteiger partial charge in [-0.1, -0.05) is 25.5 Å². The fourth-order valence-corrected chi connectivity index (χ4v) is 2.86. The van der Waals surface area contributed by atoms with Crippen molar-refractivity contribution in [1.29, 1.82) is 0 Å². The molecule has 3 atom stereocenters. The quantitative estimate of drug-likeness (QED) is 0.891. The van der Waals surface area contributed by atoms with Gasteiger partial charge in [0, 0.05) is 6.42 Å². The zero-order chi connectivity index (χ0) is 13.1. The molecule has 0 radical (unpaired) electrons. The molecule has 3 heteroatoms. The minimum Gasteiger partial charge on any atom is -0.494 e. The van der Waals surface area contributed by atoms with Gasteiger partial charge in [-0.25, -0.2) is 4.39 Å². The molecule has 18 heavy (non-hydrogen) atoms. The first-order valence-electron chi connectivity index (χ1n) is 6.61. The van der Waals surface area contributed by atoms with Gasteiger partial charge in [0.2, 0.25) is 0 Å². The van der Waals surface area contributed by atoms with Gasteiger partial charge in [-0.15, -0.1) is 0 Å². The Hall–Kier alpha value is -1.09. The summed E-state index contributed by atoms with van der Waals surface area (Å²) in [6.45, 7) is 2.21. The smallest absolute Gasteiger partial charge is 0.168 e. The average molecular weight is 252 g/mol. The van der Waals surface area contributed by atoms with Crippen molar-refractivity contribution in [3.8, 4) is 5.75 Å². The lowest BCUT2D eigenvalue weighted by Gasteiger charge is -2.18. The highest BCUT2D eigenvalue weighted by Gasteiger charge is 2.28. The molecule has 0 aliphatic heterocycles. The second-order valence-corrected chi connectivity index (χ2v) is 5.38. The Morgan fingerprint density at radius 2 is 2.22 bits per heavy atom. The van der Waals surface area contributed by atoms with Crippen molar-refractivity contribution in [2.45, 2.75) is 38.7 Å². The van der Waals surface area contributed by atoms with Gasteiger partial charge in [0.05, 0.1) is 13.2 Å². The molecule has 0 bridgehead atoms. The van der Waals surface area contributed by atoms with E-state index in [4.69, 9.17) is 4.74 Å². The highest BCUT2D eigenvalue weighted by molar-refractivity contribution is 5.31. The number of methoxy groups -OCH3 is 1. The number of rotatable bonds is 4. The monoisotopic (exact) mass is 252 g/mol. The van der Waals surface area contributed by atoms with Crippen molar-refractivity contribution in [3.63, 3.8) is 0 Å². The number of halogens is 1. The maximum Gasteiger partial charge on any atom is 0.168 e. The van der Waals surface area contributed by atoms with Crippen molar-refractivity contribution in [2.24, 2.45) is 11.8 Å². The van der Waals surface area contributed by atoms with Crippen LogP contribution < -0.4 is 4.74 Å². The van der Waals surface area contributed by atoms with Crippen LogP contribution in [-0.4, -0.2) is 18.3 Å². The van der Waals surface area contributed by atoms with E-state index in [1.807, 2.05) is 0 Å². The van der Waals surface area contributed by atoms with E-state index in [9.17, 15) is 9.50 Å². The number of aliphatic hydroxyl groups excluding tert-OH is 1. The third-order valence-corrected chi connectivity index (χ3v) is 3.97. The first-order valence-corrected chi connectivity index (χ1v) is 6.61. The van der Waals surface area contributed by atoms with E-state index in [2.05, 4.69) is 6.92 Å². The van der Waals surface area contributed by atoms with Crippen LogP contribution in [-0.2, 0) is 6.42 Å². The minimum atomic E-state index is -0.448. The lowest BCUT2D eigenvalue weighted by atomic mass is 9.94. The van der Waals surface area contributed by atoms with Gasteiger partial charge in [0.25, 0.3) is 0 Å². The fourth-order valence-electron chi connectivity index (χ4n) is 2.86. The van der Waals surface area contributed by atoms with E-state index in [0.29, 0.717) is 23.8 Å². The number of benzene rings is 1. The first-order chi connectivity index (χ1) is 8.61. The van der Waals surface area contributed by atoms with E-state index in [-0.39, 0.29) is 11.6 Å². The molecule has 0 spiro atoms. The lowest BCUT2D eigenvalue weighted by molar-refractivity contribution is 0.108. The number of aliphatic hydroxyl groups is 1. The Bertz CT molecular complexity index is 405. The zero-order valence-corrected chi connectivity index (χ0v) is 11.0. The maximum atomic E-state index is 14.0. The summed E-state index contributed by atoms with van der Waals surface area (Å²) >= 11 is 0. The van der Waals surface area contributed by atoms with Crippen LogP contribution in [0.3, 0.4) is 0 Å². The summed E-state index contributed by atoms with van der Waals surface area (Å²) in [6.07, 6.45) is 3.19. The van der Waals surface area contributed by atoms with E-state index < -0.39 is 6.10 Å². The summed E-state index contributed by atoms with van der Waals surface area (Å²) in [5.74, 6) is 0.898. The molecule has 2 nitrogen and oxygen atoms in total. The van der Waals surface area contributed by atoms with Gasteiger partial charge in [0.15, 0.2) is 11.6 Å². The number of hydrogen-bond acceptors (Lipinski definition) is 2. The third-order valence-electron chi connectivity index (χ3n) is 3.97. The summed E-state index contributed by atoms with van der Waals surface area (Å²) in [7, 11) is 1.46. The first kappa shape index (κ1) is 13.3. The van der Waals surface area contributed by atoms with Gasteiger partial charge in [-0.3, -0.25) is 0 Å². The molecule has 100 valence electrons. The molecule has 0 amide bonds. The summed E-state index contributed by atoms with van der Waals surface area (Å²) in [5.41, 5.74) is 0.543. The van der Waals surface area contributed by atoms with Crippen molar-refractivity contribution < 1.29 is 14.2 Å². The zero-order valence-electron chi connectivity index (χ0n) is 11.0. The fraction of sp³-hybridized carbons (Fsp3) is 0.600. The molecule has 1 fully saturated rings. The Balaban J connectivity index is 2.05. The van der Waals surface area contributed by atoms with Crippen LogP contribution in [0.5, 0.6) is 5.75 Å². The van der Waals surface area contributed by atoms with Crippen molar-refractivity contribution in [1.82, 2.24) is 0 Å². The van der Waals surface area contributed by atoms with Crippen LogP contribution in [0.15, 0.2) is 18.2 Å². The van der Waals surface area contributed by atoms with Gasteiger partial charge in [0.1, 0.15) is 0 Å². The topological polar surface area (TPSA) is 29.5 Å². The second kappa shape index (κ2) is 5.70. The predicted molar refractivity (Wildman–Crippen MR) is 69.2 cm³/mol. The van der Waals surface area contributed by atoms with Gasteiger partial charge < -0.3 is 9.84 Å². The molecular formula is C15H21FO2.